The van der Waals surface area contributed by atoms with E-state index in [1.54, 1.807) is 49.4 Å². The van der Waals surface area contributed by atoms with Crippen molar-refractivity contribution in [3.8, 4) is 11.5 Å². The number of ether oxygens (including phenoxy) is 2. The second-order valence-corrected chi connectivity index (χ2v) is 5.70. The predicted molar refractivity (Wildman–Crippen MR) is 101 cm³/mol. The van der Waals surface area contributed by atoms with Crippen LogP contribution in [-0.2, 0) is 4.79 Å². The van der Waals surface area contributed by atoms with Gasteiger partial charge in [0.25, 0.3) is 11.8 Å². The van der Waals surface area contributed by atoms with Gasteiger partial charge in [0.15, 0.2) is 17.6 Å². The Balaban J connectivity index is 2.08. The van der Waals surface area contributed by atoms with E-state index in [2.05, 4.69) is 10.6 Å². The Kier molecular flexibility index (Phi) is 7.02. The molecule has 2 rings (SSSR count). The molecule has 0 aliphatic rings. The minimum absolute atomic E-state index is 0.221. The van der Waals surface area contributed by atoms with Crippen LogP contribution < -0.4 is 20.1 Å². The summed E-state index contributed by atoms with van der Waals surface area (Å²) in [6.45, 7) is 4.20. The van der Waals surface area contributed by atoms with Crippen molar-refractivity contribution in [2.45, 2.75) is 26.4 Å². The lowest BCUT2D eigenvalue weighted by atomic mass is 10.1. The van der Waals surface area contributed by atoms with Crippen molar-refractivity contribution in [3.05, 3.63) is 54.1 Å². The molecule has 0 bridgehead atoms. The second-order valence-electron chi connectivity index (χ2n) is 5.70. The van der Waals surface area contributed by atoms with Crippen LogP contribution in [0.4, 0.5) is 5.69 Å². The van der Waals surface area contributed by atoms with E-state index >= 15 is 0 Å². The van der Waals surface area contributed by atoms with Gasteiger partial charge in [0.1, 0.15) is 0 Å². The van der Waals surface area contributed by atoms with Gasteiger partial charge in [-0.1, -0.05) is 31.2 Å². The van der Waals surface area contributed by atoms with Gasteiger partial charge in [-0.15, -0.1) is 0 Å². The normalized spacial score (nSPS) is 11.3. The number of nitrogens with one attached hydrogen (secondary N) is 2. The van der Waals surface area contributed by atoms with Crippen LogP contribution >= 0.6 is 0 Å². The third-order valence-corrected chi connectivity index (χ3v) is 3.71. The first-order valence-electron chi connectivity index (χ1n) is 8.54. The smallest absolute Gasteiger partial charge is 0.265 e. The number of carbonyl (C=O) groups is 2. The number of amides is 2. The topological polar surface area (TPSA) is 76.7 Å². The number of anilines is 1. The SMILES string of the molecule is CCCNC(=O)c1ccccc1NC(=O)[C@@H](C)Oc1ccccc1OC. The summed E-state index contributed by atoms with van der Waals surface area (Å²) in [7, 11) is 1.54. The molecule has 0 aliphatic carbocycles. The molecular weight excluding hydrogens is 332 g/mol. The number of hydrogen-bond donors (Lipinski definition) is 2. The maximum atomic E-state index is 12.5. The summed E-state index contributed by atoms with van der Waals surface area (Å²) in [5.74, 6) is 0.450. The zero-order valence-corrected chi connectivity index (χ0v) is 15.2. The Morgan fingerprint density at radius 1 is 1.04 bits per heavy atom. The molecule has 138 valence electrons. The van der Waals surface area contributed by atoms with Crippen LogP contribution in [0.25, 0.3) is 0 Å². The lowest BCUT2D eigenvalue weighted by Gasteiger charge is -2.17. The molecule has 0 saturated heterocycles. The first-order chi connectivity index (χ1) is 12.6. The molecule has 2 amide bonds. The van der Waals surface area contributed by atoms with Crippen molar-refractivity contribution in [1.29, 1.82) is 0 Å². The van der Waals surface area contributed by atoms with Crippen molar-refractivity contribution in [3.63, 3.8) is 0 Å². The van der Waals surface area contributed by atoms with E-state index in [0.29, 0.717) is 29.3 Å². The molecule has 0 heterocycles. The Morgan fingerprint density at radius 3 is 2.38 bits per heavy atom. The van der Waals surface area contributed by atoms with Crippen LogP contribution in [-0.4, -0.2) is 31.6 Å². The van der Waals surface area contributed by atoms with Gasteiger partial charge in [0, 0.05) is 6.54 Å². The molecular formula is C20H24N2O4. The molecule has 6 nitrogen and oxygen atoms in total. The molecule has 0 spiro atoms. The lowest BCUT2D eigenvalue weighted by Crippen LogP contribution is -2.32. The summed E-state index contributed by atoms with van der Waals surface area (Å²) in [5, 5.41) is 5.57. The first-order valence-corrected chi connectivity index (χ1v) is 8.54. The van der Waals surface area contributed by atoms with Gasteiger partial charge >= 0.3 is 0 Å². The third kappa shape index (κ3) is 4.99. The van der Waals surface area contributed by atoms with Crippen LogP contribution in [0.5, 0.6) is 11.5 Å². The highest BCUT2D eigenvalue weighted by molar-refractivity contribution is 6.04. The quantitative estimate of drug-likeness (QED) is 0.761. The Bertz CT molecular complexity index is 761. The van der Waals surface area contributed by atoms with E-state index in [1.807, 2.05) is 13.0 Å². The number of carbonyl (C=O) groups excluding carboxylic acids is 2. The molecule has 0 radical (unpaired) electrons. The summed E-state index contributed by atoms with van der Waals surface area (Å²) < 4.78 is 10.9. The van der Waals surface area contributed by atoms with E-state index in [4.69, 9.17) is 9.47 Å². The highest BCUT2D eigenvalue weighted by Gasteiger charge is 2.19. The van der Waals surface area contributed by atoms with Gasteiger partial charge in [0.05, 0.1) is 18.4 Å². The van der Waals surface area contributed by atoms with Crippen LogP contribution in [0.15, 0.2) is 48.5 Å². The summed E-state index contributed by atoms with van der Waals surface area (Å²) in [4.78, 5) is 24.7. The minimum Gasteiger partial charge on any atom is -0.493 e. The largest absolute Gasteiger partial charge is 0.493 e. The highest BCUT2D eigenvalue weighted by atomic mass is 16.5. The average molecular weight is 356 g/mol. The molecule has 0 aliphatic heterocycles. The van der Waals surface area contributed by atoms with E-state index in [-0.39, 0.29) is 11.8 Å². The maximum Gasteiger partial charge on any atom is 0.265 e. The number of hydrogen-bond acceptors (Lipinski definition) is 4. The monoisotopic (exact) mass is 356 g/mol. The van der Waals surface area contributed by atoms with Gasteiger partial charge in [-0.2, -0.15) is 0 Å². The molecule has 0 saturated carbocycles. The molecule has 2 N–H and O–H groups in total. The van der Waals surface area contributed by atoms with Crippen molar-refractivity contribution >= 4 is 17.5 Å². The average Bonchev–Trinajstić information content (AvgIpc) is 2.66. The minimum atomic E-state index is -0.766. The van der Waals surface area contributed by atoms with Crippen molar-refractivity contribution in [2.24, 2.45) is 0 Å². The van der Waals surface area contributed by atoms with Gasteiger partial charge in [0.2, 0.25) is 0 Å². The fraction of sp³-hybridized carbons (Fsp3) is 0.300. The fourth-order valence-corrected chi connectivity index (χ4v) is 2.32. The van der Waals surface area contributed by atoms with E-state index in [1.165, 1.54) is 7.11 Å². The predicted octanol–water partition coefficient (Wildman–Crippen LogP) is 3.24. The number of methoxy groups -OCH3 is 1. The van der Waals surface area contributed by atoms with Crippen molar-refractivity contribution in [2.75, 3.05) is 19.0 Å². The molecule has 2 aromatic rings. The fourth-order valence-electron chi connectivity index (χ4n) is 2.32. The molecule has 0 aromatic heterocycles. The highest BCUT2D eigenvalue weighted by Crippen LogP contribution is 2.27. The molecule has 1 atom stereocenters. The molecule has 26 heavy (non-hydrogen) atoms. The zero-order chi connectivity index (χ0) is 18.9. The third-order valence-electron chi connectivity index (χ3n) is 3.71. The molecule has 6 heteroatoms. The Morgan fingerprint density at radius 2 is 1.69 bits per heavy atom. The summed E-state index contributed by atoms with van der Waals surface area (Å²) in [5.41, 5.74) is 0.861. The van der Waals surface area contributed by atoms with Crippen molar-refractivity contribution < 1.29 is 19.1 Å². The molecule has 0 fully saturated rings. The van der Waals surface area contributed by atoms with E-state index < -0.39 is 6.10 Å². The van der Waals surface area contributed by atoms with Gasteiger partial charge in [-0.25, -0.2) is 0 Å². The van der Waals surface area contributed by atoms with E-state index in [0.717, 1.165) is 6.42 Å². The van der Waals surface area contributed by atoms with Gasteiger partial charge < -0.3 is 20.1 Å². The number of benzene rings is 2. The van der Waals surface area contributed by atoms with Crippen LogP contribution in [0, 0.1) is 0 Å². The van der Waals surface area contributed by atoms with Gasteiger partial charge in [-0.05, 0) is 37.6 Å². The van der Waals surface area contributed by atoms with Gasteiger partial charge in [-0.3, -0.25) is 9.59 Å². The first kappa shape index (κ1) is 19.3. The van der Waals surface area contributed by atoms with Crippen LogP contribution in [0.2, 0.25) is 0 Å². The molecule has 2 aromatic carbocycles. The van der Waals surface area contributed by atoms with Crippen LogP contribution in [0.1, 0.15) is 30.6 Å². The summed E-state index contributed by atoms with van der Waals surface area (Å²) in [6, 6.07) is 14.0. The zero-order valence-electron chi connectivity index (χ0n) is 15.2. The maximum absolute atomic E-state index is 12.5. The second kappa shape index (κ2) is 9.46. The number of para-hydroxylation sites is 3. The van der Waals surface area contributed by atoms with E-state index in [9.17, 15) is 9.59 Å². The summed E-state index contributed by atoms with van der Waals surface area (Å²) in [6.07, 6.45) is 0.0717. The van der Waals surface area contributed by atoms with Crippen LogP contribution in [0.3, 0.4) is 0 Å². The Labute approximate surface area is 153 Å². The molecule has 0 unspecified atom stereocenters. The van der Waals surface area contributed by atoms with Crippen molar-refractivity contribution in [1.82, 2.24) is 5.32 Å². The standard InChI is InChI=1S/C20H24N2O4/c1-4-13-21-20(24)15-9-5-6-10-16(15)22-19(23)14(2)26-18-12-8-7-11-17(18)25-3/h5-12,14H,4,13H2,1-3H3,(H,21,24)(H,22,23)/t14-/m1/s1. The Hall–Kier alpha value is -3.02. The number of rotatable bonds is 8. The summed E-state index contributed by atoms with van der Waals surface area (Å²) >= 11 is 0. The lowest BCUT2D eigenvalue weighted by molar-refractivity contribution is -0.122.